The Bertz CT molecular complexity index is 602. The average molecular weight is 292 g/mol. The first-order valence-corrected chi connectivity index (χ1v) is 6.34. The van der Waals surface area contributed by atoms with Crippen molar-refractivity contribution in [2.24, 2.45) is 0 Å². The molecule has 1 N–H and O–H groups in total. The maximum absolute atomic E-state index is 13.4. The predicted molar refractivity (Wildman–Crippen MR) is 77.1 cm³/mol. The van der Waals surface area contributed by atoms with Crippen LogP contribution in [0.4, 0.5) is 4.39 Å². The molecule has 0 unspecified atom stereocenters. The number of carbonyl (C=O) groups excluding carboxylic acids is 1. The van der Waals surface area contributed by atoms with Gasteiger partial charge in [-0.15, -0.1) is 0 Å². The van der Waals surface area contributed by atoms with Crippen LogP contribution in [0.25, 0.3) is 6.08 Å². The quantitative estimate of drug-likeness (QED) is 0.646. The van der Waals surface area contributed by atoms with Crippen LogP contribution in [0, 0.1) is 12.7 Å². The van der Waals surface area contributed by atoms with E-state index in [1.54, 1.807) is 13.0 Å². The van der Waals surface area contributed by atoms with Crippen LogP contribution >= 0.6 is 0 Å². The number of esters is 1. The van der Waals surface area contributed by atoms with Gasteiger partial charge in [0.05, 0.1) is 6.61 Å². The second-order valence-electron chi connectivity index (χ2n) is 4.60. The minimum atomic E-state index is -1.13. The van der Waals surface area contributed by atoms with E-state index in [0.717, 1.165) is 0 Å². The lowest BCUT2D eigenvalue weighted by Gasteiger charge is -2.07. The molecule has 0 saturated carbocycles. The van der Waals surface area contributed by atoms with Crippen molar-refractivity contribution in [2.45, 2.75) is 20.3 Å². The molecule has 0 aromatic heterocycles. The molecule has 1 rings (SSSR count). The summed E-state index contributed by atoms with van der Waals surface area (Å²) in [7, 11) is 0. The Labute approximate surface area is 122 Å². The first kappa shape index (κ1) is 16.6. The number of benzene rings is 1. The van der Waals surface area contributed by atoms with Crippen molar-refractivity contribution >= 4 is 18.0 Å². The van der Waals surface area contributed by atoms with E-state index in [0.29, 0.717) is 11.1 Å². The van der Waals surface area contributed by atoms with Crippen LogP contribution < -0.4 is 0 Å². The van der Waals surface area contributed by atoms with E-state index < -0.39 is 17.8 Å². The molecule has 0 saturated heterocycles. The van der Waals surface area contributed by atoms with Crippen LogP contribution in [0.1, 0.15) is 24.5 Å². The molecular weight excluding hydrogens is 275 g/mol. The maximum Gasteiger partial charge on any atom is 0.333 e. The van der Waals surface area contributed by atoms with Crippen molar-refractivity contribution in [3.63, 3.8) is 0 Å². The van der Waals surface area contributed by atoms with Crippen LogP contribution in [-0.2, 0) is 14.3 Å². The fraction of sp³-hybridized carbons (Fsp3) is 0.250. The zero-order valence-electron chi connectivity index (χ0n) is 12.0. The van der Waals surface area contributed by atoms with Crippen LogP contribution in [-0.4, -0.2) is 23.7 Å². The van der Waals surface area contributed by atoms with E-state index in [2.05, 4.69) is 6.58 Å². The number of carboxylic acids is 1. The summed E-state index contributed by atoms with van der Waals surface area (Å²) in [5.74, 6) is -2.10. The highest BCUT2D eigenvalue weighted by atomic mass is 19.1. The second kappa shape index (κ2) is 7.38. The molecule has 5 heteroatoms. The smallest absolute Gasteiger partial charge is 0.333 e. The van der Waals surface area contributed by atoms with Gasteiger partial charge < -0.3 is 9.84 Å². The van der Waals surface area contributed by atoms with E-state index in [-0.39, 0.29) is 24.2 Å². The topological polar surface area (TPSA) is 63.6 Å². The first-order valence-electron chi connectivity index (χ1n) is 6.34. The third-order valence-corrected chi connectivity index (χ3v) is 2.87. The molecule has 0 aliphatic carbocycles. The van der Waals surface area contributed by atoms with Gasteiger partial charge in [0, 0.05) is 17.6 Å². The third-order valence-electron chi connectivity index (χ3n) is 2.87. The molecular formula is C16H17FO4. The molecule has 4 nitrogen and oxygen atoms in total. The van der Waals surface area contributed by atoms with Gasteiger partial charge in [-0.2, -0.15) is 0 Å². The van der Waals surface area contributed by atoms with Crippen LogP contribution in [0.3, 0.4) is 0 Å². The standard InChI is InChI=1S/C16H17FO4/c1-10(2)16(20)21-8-7-13(15(18)19)9-12-5-4-6-14(17)11(12)3/h4-6,9H,1,7-8H2,2-3H3,(H,18,19). The van der Waals surface area contributed by atoms with Crippen molar-refractivity contribution in [3.8, 4) is 0 Å². The molecule has 0 heterocycles. The largest absolute Gasteiger partial charge is 0.478 e. The number of carbonyl (C=O) groups is 2. The number of carboxylic acid groups (broad SMARTS) is 1. The summed E-state index contributed by atoms with van der Waals surface area (Å²) in [5.41, 5.74) is 1.14. The lowest BCUT2D eigenvalue weighted by atomic mass is 10.0. The van der Waals surface area contributed by atoms with E-state index in [1.165, 1.54) is 25.1 Å². The second-order valence-corrected chi connectivity index (χ2v) is 4.60. The summed E-state index contributed by atoms with van der Waals surface area (Å²) in [6.45, 7) is 6.44. The lowest BCUT2D eigenvalue weighted by Crippen LogP contribution is -2.10. The molecule has 1 aromatic carbocycles. The fourth-order valence-corrected chi connectivity index (χ4v) is 1.59. The molecule has 0 spiro atoms. The zero-order valence-corrected chi connectivity index (χ0v) is 12.0. The van der Waals surface area contributed by atoms with Gasteiger partial charge >= 0.3 is 11.9 Å². The van der Waals surface area contributed by atoms with Gasteiger partial charge in [-0.1, -0.05) is 18.7 Å². The molecule has 0 amide bonds. The maximum atomic E-state index is 13.4. The summed E-state index contributed by atoms with van der Waals surface area (Å²) in [4.78, 5) is 22.4. The van der Waals surface area contributed by atoms with Crippen molar-refractivity contribution < 1.29 is 23.8 Å². The van der Waals surface area contributed by atoms with Gasteiger partial charge in [0.15, 0.2) is 0 Å². The van der Waals surface area contributed by atoms with Crippen molar-refractivity contribution in [1.29, 1.82) is 0 Å². The minimum absolute atomic E-state index is 0.0321. The van der Waals surface area contributed by atoms with E-state index >= 15 is 0 Å². The lowest BCUT2D eigenvalue weighted by molar-refractivity contribution is -0.139. The highest BCUT2D eigenvalue weighted by molar-refractivity contribution is 5.92. The predicted octanol–water partition coefficient (Wildman–Crippen LogP) is 3.11. The molecule has 0 atom stereocenters. The SMILES string of the molecule is C=C(C)C(=O)OCCC(=Cc1cccc(F)c1C)C(=O)O. The summed E-state index contributed by atoms with van der Waals surface area (Å²) >= 11 is 0. The highest BCUT2D eigenvalue weighted by Crippen LogP contribution is 2.17. The summed E-state index contributed by atoms with van der Waals surface area (Å²) < 4.78 is 18.3. The Morgan fingerprint density at radius 3 is 2.67 bits per heavy atom. The molecule has 0 aliphatic rings. The Morgan fingerprint density at radius 1 is 1.43 bits per heavy atom. The number of halogens is 1. The Balaban J connectivity index is 2.85. The number of ether oxygens (including phenoxy) is 1. The monoisotopic (exact) mass is 292 g/mol. The molecule has 0 aliphatic heterocycles. The Kier molecular flexibility index (Phi) is 5.84. The summed E-state index contributed by atoms with van der Waals surface area (Å²) in [6, 6.07) is 4.44. The van der Waals surface area contributed by atoms with Crippen LogP contribution in [0.2, 0.25) is 0 Å². The van der Waals surface area contributed by atoms with Gasteiger partial charge in [0.25, 0.3) is 0 Å². The molecule has 21 heavy (non-hydrogen) atoms. The minimum Gasteiger partial charge on any atom is -0.478 e. The molecule has 112 valence electrons. The highest BCUT2D eigenvalue weighted by Gasteiger charge is 2.11. The first-order chi connectivity index (χ1) is 9.82. The van der Waals surface area contributed by atoms with E-state index in [4.69, 9.17) is 9.84 Å². The van der Waals surface area contributed by atoms with E-state index in [9.17, 15) is 14.0 Å². The third kappa shape index (κ3) is 4.87. The Morgan fingerprint density at radius 2 is 2.10 bits per heavy atom. The summed E-state index contributed by atoms with van der Waals surface area (Å²) in [5, 5.41) is 9.15. The van der Waals surface area contributed by atoms with Crippen LogP contribution in [0.5, 0.6) is 0 Å². The number of rotatable bonds is 6. The van der Waals surface area contributed by atoms with Gasteiger partial charge in [0.1, 0.15) is 5.82 Å². The van der Waals surface area contributed by atoms with Crippen LogP contribution in [0.15, 0.2) is 35.9 Å². The zero-order chi connectivity index (χ0) is 16.0. The van der Waals surface area contributed by atoms with Gasteiger partial charge in [-0.3, -0.25) is 0 Å². The fourth-order valence-electron chi connectivity index (χ4n) is 1.59. The number of hydrogen-bond donors (Lipinski definition) is 1. The molecule has 0 bridgehead atoms. The average Bonchev–Trinajstić information content (AvgIpc) is 2.41. The number of hydrogen-bond acceptors (Lipinski definition) is 3. The van der Waals surface area contributed by atoms with Crippen molar-refractivity contribution in [2.75, 3.05) is 6.61 Å². The summed E-state index contributed by atoms with van der Waals surface area (Å²) in [6.07, 6.45) is 1.42. The molecule has 0 fully saturated rings. The Hall–Kier alpha value is -2.43. The van der Waals surface area contributed by atoms with Gasteiger partial charge in [-0.05, 0) is 37.1 Å². The molecule has 0 radical (unpaired) electrons. The normalized spacial score (nSPS) is 11.1. The van der Waals surface area contributed by atoms with Gasteiger partial charge in [0.2, 0.25) is 0 Å². The molecule has 1 aromatic rings. The van der Waals surface area contributed by atoms with Crippen molar-refractivity contribution in [3.05, 3.63) is 52.9 Å². The van der Waals surface area contributed by atoms with E-state index in [1.807, 2.05) is 0 Å². The van der Waals surface area contributed by atoms with Crippen molar-refractivity contribution in [1.82, 2.24) is 0 Å². The van der Waals surface area contributed by atoms with Gasteiger partial charge in [-0.25, -0.2) is 14.0 Å². The number of aliphatic carboxylic acids is 1.